The summed E-state index contributed by atoms with van der Waals surface area (Å²) in [6.45, 7) is 2.52. The molecule has 3 rings (SSSR count). The maximum absolute atomic E-state index is 13.1. The molecule has 126 valence electrons. The fourth-order valence-corrected chi connectivity index (χ4v) is 2.72. The van der Waals surface area contributed by atoms with Gasteiger partial charge in [-0.15, -0.1) is 0 Å². The third kappa shape index (κ3) is 2.78. The molecule has 2 aromatic carbocycles. The van der Waals surface area contributed by atoms with Crippen molar-refractivity contribution in [1.29, 1.82) is 0 Å². The molecule has 25 heavy (non-hydrogen) atoms. The Morgan fingerprint density at radius 2 is 1.56 bits per heavy atom. The van der Waals surface area contributed by atoms with Crippen molar-refractivity contribution >= 4 is 22.5 Å². The highest BCUT2D eigenvalue weighted by atomic mass is 16.3. The summed E-state index contributed by atoms with van der Waals surface area (Å²) in [5, 5.41) is 19.2. The lowest BCUT2D eigenvalue weighted by Gasteiger charge is -2.10. The van der Waals surface area contributed by atoms with Crippen molar-refractivity contribution in [3.05, 3.63) is 57.9 Å². The number of hydrogen-bond donors (Lipinski definition) is 2. The van der Waals surface area contributed by atoms with E-state index >= 15 is 0 Å². The number of Topliss-reactive ketones (excluding diaryl/α,β-unsaturated/α-hetero) is 2. The molecular formula is C19H14O6. The third-order valence-electron chi connectivity index (χ3n) is 3.84. The first kappa shape index (κ1) is 16.4. The van der Waals surface area contributed by atoms with Gasteiger partial charge < -0.3 is 14.6 Å². The molecule has 0 amide bonds. The van der Waals surface area contributed by atoms with Gasteiger partial charge in [0.15, 0.2) is 17.3 Å². The van der Waals surface area contributed by atoms with E-state index in [4.69, 9.17) is 4.42 Å². The van der Waals surface area contributed by atoms with Crippen molar-refractivity contribution in [1.82, 2.24) is 0 Å². The fourth-order valence-electron chi connectivity index (χ4n) is 2.72. The number of aromatic hydroxyl groups is 2. The van der Waals surface area contributed by atoms with Crippen molar-refractivity contribution in [3.63, 3.8) is 0 Å². The highest BCUT2D eigenvalue weighted by molar-refractivity contribution is 6.09. The van der Waals surface area contributed by atoms with E-state index in [1.54, 1.807) is 0 Å². The Hall–Kier alpha value is -3.41. The van der Waals surface area contributed by atoms with Gasteiger partial charge in [-0.3, -0.25) is 14.4 Å². The van der Waals surface area contributed by atoms with E-state index in [9.17, 15) is 24.6 Å². The van der Waals surface area contributed by atoms with E-state index in [2.05, 4.69) is 0 Å². The van der Waals surface area contributed by atoms with Gasteiger partial charge in [-0.2, -0.15) is 0 Å². The van der Waals surface area contributed by atoms with Gasteiger partial charge in [0, 0.05) is 18.6 Å². The van der Waals surface area contributed by atoms with Crippen LogP contribution in [0.5, 0.6) is 11.5 Å². The smallest absolute Gasteiger partial charge is 0.202 e. The number of ketones is 2. The second-order valence-electron chi connectivity index (χ2n) is 5.66. The van der Waals surface area contributed by atoms with Gasteiger partial charge in [0.2, 0.25) is 5.43 Å². The molecular weight excluding hydrogens is 324 g/mol. The van der Waals surface area contributed by atoms with Gasteiger partial charge in [0.25, 0.3) is 0 Å². The van der Waals surface area contributed by atoms with Gasteiger partial charge in [0.05, 0.1) is 10.9 Å². The van der Waals surface area contributed by atoms with Crippen LogP contribution >= 0.6 is 0 Å². The first-order chi connectivity index (χ1) is 11.8. The topological polar surface area (TPSA) is 105 Å². The number of phenolic OH excluding ortho intramolecular Hbond substituents is 2. The van der Waals surface area contributed by atoms with Crippen molar-refractivity contribution in [2.24, 2.45) is 0 Å². The monoisotopic (exact) mass is 338 g/mol. The number of hydrogen-bond acceptors (Lipinski definition) is 6. The number of fused-ring (bicyclic) bond motifs is 1. The Kier molecular flexibility index (Phi) is 3.88. The van der Waals surface area contributed by atoms with Crippen LogP contribution in [0.4, 0.5) is 0 Å². The standard InChI is InChI=1S/C19H14O6/c1-9(20)14-7-13(23)8-15-17(14)18(24)16(19(25-15)10(2)21)11-3-5-12(22)6-4-11/h3-8,22-23H,1-2H3. The Morgan fingerprint density at radius 1 is 0.920 bits per heavy atom. The summed E-state index contributed by atoms with van der Waals surface area (Å²) in [6.07, 6.45) is 0. The number of carbonyl (C=O) groups excluding carboxylic acids is 2. The summed E-state index contributed by atoms with van der Waals surface area (Å²) in [7, 11) is 0. The van der Waals surface area contributed by atoms with Crippen LogP contribution in [-0.2, 0) is 0 Å². The first-order valence-electron chi connectivity index (χ1n) is 7.44. The summed E-state index contributed by atoms with van der Waals surface area (Å²) in [5.41, 5.74) is -0.196. The number of carbonyl (C=O) groups is 2. The van der Waals surface area contributed by atoms with Crippen LogP contribution < -0.4 is 5.43 Å². The molecule has 0 atom stereocenters. The zero-order chi connectivity index (χ0) is 18.3. The van der Waals surface area contributed by atoms with Crippen LogP contribution in [0.25, 0.3) is 22.1 Å². The van der Waals surface area contributed by atoms with Gasteiger partial charge in [-0.1, -0.05) is 12.1 Å². The van der Waals surface area contributed by atoms with Crippen LogP contribution in [0.3, 0.4) is 0 Å². The number of phenols is 2. The summed E-state index contributed by atoms with van der Waals surface area (Å²) in [6, 6.07) is 8.10. The average Bonchev–Trinajstić information content (AvgIpc) is 2.54. The molecule has 0 aliphatic heterocycles. The highest BCUT2D eigenvalue weighted by Crippen LogP contribution is 2.30. The summed E-state index contributed by atoms with van der Waals surface area (Å²) >= 11 is 0. The summed E-state index contributed by atoms with van der Waals surface area (Å²) in [5.74, 6) is -1.31. The van der Waals surface area contributed by atoms with E-state index in [1.165, 1.54) is 50.2 Å². The Labute approximate surface area is 142 Å². The largest absolute Gasteiger partial charge is 0.508 e. The van der Waals surface area contributed by atoms with Gasteiger partial charge in [0.1, 0.15) is 17.1 Å². The maximum Gasteiger partial charge on any atom is 0.202 e. The minimum absolute atomic E-state index is 0.00150. The molecule has 0 radical (unpaired) electrons. The number of benzene rings is 2. The Balaban J connectivity index is 2.51. The molecule has 0 fully saturated rings. The Morgan fingerprint density at radius 3 is 2.12 bits per heavy atom. The van der Waals surface area contributed by atoms with Crippen molar-refractivity contribution in [2.75, 3.05) is 0 Å². The van der Waals surface area contributed by atoms with Crippen molar-refractivity contribution in [2.45, 2.75) is 13.8 Å². The molecule has 3 aromatic rings. The van der Waals surface area contributed by atoms with Gasteiger partial charge >= 0.3 is 0 Å². The van der Waals surface area contributed by atoms with Crippen LogP contribution in [0, 0.1) is 0 Å². The number of rotatable bonds is 3. The summed E-state index contributed by atoms with van der Waals surface area (Å²) < 4.78 is 5.57. The fraction of sp³-hybridized carbons (Fsp3) is 0.105. The molecule has 0 unspecified atom stereocenters. The lowest BCUT2D eigenvalue weighted by molar-refractivity contribution is 0.0987. The predicted octanol–water partition coefficient (Wildman–Crippen LogP) is 3.28. The second kappa shape index (κ2) is 5.90. The molecule has 6 heteroatoms. The highest BCUT2D eigenvalue weighted by Gasteiger charge is 2.22. The van der Waals surface area contributed by atoms with E-state index < -0.39 is 17.0 Å². The first-order valence-corrected chi connectivity index (χ1v) is 7.44. The zero-order valence-electron chi connectivity index (χ0n) is 13.5. The molecule has 1 aromatic heterocycles. The molecule has 0 bridgehead atoms. The van der Waals surface area contributed by atoms with Gasteiger partial charge in [-0.25, -0.2) is 0 Å². The van der Waals surface area contributed by atoms with Crippen LogP contribution in [0.15, 0.2) is 45.6 Å². The van der Waals surface area contributed by atoms with Crippen LogP contribution in [-0.4, -0.2) is 21.8 Å². The predicted molar refractivity (Wildman–Crippen MR) is 91.3 cm³/mol. The SMILES string of the molecule is CC(=O)c1oc2cc(O)cc(C(C)=O)c2c(=O)c1-c1ccc(O)cc1. The molecule has 0 saturated heterocycles. The minimum atomic E-state index is -0.553. The molecule has 2 N–H and O–H groups in total. The molecule has 0 aliphatic rings. The quantitative estimate of drug-likeness (QED) is 0.710. The molecule has 0 spiro atoms. The van der Waals surface area contributed by atoms with E-state index in [-0.39, 0.29) is 39.4 Å². The second-order valence-corrected chi connectivity index (χ2v) is 5.66. The molecule has 6 nitrogen and oxygen atoms in total. The maximum atomic E-state index is 13.1. The average molecular weight is 338 g/mol. The van der Waals surface area contributed by atoms with Crippen LogP contribution in [0.2, 0.25) is 0 Å². The normalized spacial score (nSPS) is 10.8. The van der Waals surface area contributed by atoms with E-state index in [0.717, 1.165) is 0 Å². The van der Waals surface area contributed by atoms with Crippen molar-refractivity contribution in [3.8, 4) is 22.6 Å². The molecule has 0 saturated carbocycles. The van der Waals surface area contributed by atoms with E-state index in [1.807, 2.05) is 0 Å². The lowest BCUT2D eigenvalue weighted by atomic mass is 9.97. The van der Waals surface area contributed by atoms with E-state index in [0.29, 0.717) is 5.56 Å². The zero-order valence-corrected chi connectivity index (χ0v) is 13.5. The summed E-state index contributed by atoms with van der Waals surface area (Å²) in [4.78, 5) is 36.9. The third-order valence-corrected chi connectivity index (χ3v) is 3.84. The van der Waals surface area contributed by atoms with Crippen LogP contribution in [0.1, 0.15) is 34.8 Å². The van der Waals surface area contributed by atoms with Crippen molar-refractivity contribution < 1.29 is 24.2 Å². The van der Waals surface area contributed by atoms with Gasteiger partial charge in [-0.05, 0) is 30.7 Å². The lowest BCUT2D eigenvalue weighted by Crippen LogP contribution is -2.14. The Bertz CT molecular complexity index is 1070. The molecule has 0 aliphatic carbocycles. The molecule has 1 heterocycles. The minimum Gasteiger partial charge on any atom is -0.508 e.